The fourth-order valence-electron chi connectivity index (χ4n) is 6.91. The number of aliphatic hydroxyl groups is 9. The number of fused-ring (bicyclic) bond motifs is 3. The fourth-order valence-corrected chi connectivity index (χ4v) is 6.91. The molecule has 0 aromatic heterocycles. The van der Waals surface area contributed by atoms with Crippen molar-refractivity contribution in [2.75, 3.05) is 21.3 Å². The predicted octanol–water partition coefficient (Wildman–Crippen LogP) is -3.35. The molecule has 3 heterocycles. The Bertz CT molecular complexity index is 1600. The van der Waals surface area contributed by atoms with E-state index in [1.54, 1.807) is 0 Å². The summed E-state index contributed by atoms with van der Waals surface area (Å²) in [6.07, 6.45) is -15.9. The molecule has 1 aliphatic carbocycles. The third-order valence-corrected chi connectivity index (χ3v) is 9.20. The highest BCUT2D eigenvalue weighted by atomic mass is 17.0. The Morgan fingerprint density at radius 2 is 1.48 bits per heavy atom. The normalized spacial score (nSPS) is 35.5. The van der Waals surface area contributed by atoms with E-state index < -0.39 is 90.1 Å². The Morgan fingerprint density at radius 3 is 2.04 bits per heavy atom. The van der Waals surface area contributed by atoms with Crippen LogP contribution in [0.2, 0.25) is 0 Å². The number of phenolic OH excluding ortho intramolecular Hbond substituents is 1. The molecule has 20 heteroatoms. The maximum atomic E-state index is 13.1. The number of aliphatic hydroxyl groups excluding tert-OH is 2. The molecule has 10 unspecified atom stereocenters. The van der Waals surface area contributed by atoms with Crippen LogP contribution in [0.25, 0.3) is 0 Å². The highest BCUT2D eigenvalue weighted by Crippen LogP contribution is 2.59. The second kappa shape index (κ2) is 12.4. The van der Waals surface area contributed by atoms with Gasteiger partial charge >= 0.3 is 12.1 Å². The van der Waals surface area contributed by atoms with Gasteiger partial charge in [0, 0.05) is 7.11 Å². The van der Waals surface area contributed by atoms with Crippen LogP contribution in [0.15, 0.2) is 24.3 Å². The van der Waals surface area contributed by atoms with Crippen molar-refractivity contribution in [2.45, 2.75) is 73.7 Å². The van der Waals surface area contributed by atoms with E-state index in [9.17, 15) is 55.9 Å². The first-order chi connectivity index (χ1) is 23.3. The Hall–Kier alpha value is -3.45. The average molecular weight is 717 g/mol. The lowest BCUT2D eigenvalue weighted by atomic mass is 9.61. The molecule has 0 bridgehead atoms. The number of carbonyl (C=O) groups is 1. The van der Waals surface area contributed by atoms with Crippen molar-refractivity contribution in [1.82, 2.24) is 0 Å². The summed E-state index contributed by atoms with van der Waals surface area (Å²) in [4.78, 5) is 13.1. The third kappa shape index (κ3) is 5.63. The summed E-state index contributed by atoms with van der Waals surface area (Å²) in [5, 5.41) is 109. The van der Waals surface area contributed by atoms with Crippen molar-refractivity contribution in [3.63, 3.8) is 0 Å². The lowest BCUT2D eigenvalue weighted by molar-refractivity contribution is -0.498. The van der Waals surface area contributed by atoms with Gasteiger partial charge in [0.2, 0.25) is 5.75 Å². The zero-order valence-corrected chi connectivity index (χ0v) is 26.6. The molecule has 0 saturated carbocycles. The van der Waals surface area contributed by atoms with Crippen molar-refractivity contribution in [2.24, 2.45) is 11.8 Å². The molecule has 2 aromatic rings. The van der Waals surface area contributed by atoms with Gasteiger partial charge in [-0.1, -0.05) is 0 Å². The third-order valence-electron chi connectivity index (χ3n) is 9.20. The van der Waals surface area contributed by atoms with E-state index in [0.717, 1.165) is 31.4 Å². The summed E-state index contributed by atoms with van der Waals surface area (Å²) in [5.74, 6) is -12.4. The predicted molar refractivity (Wildman–Crippen MR) is 153 cm³/mol. The molecule has 0 radical (unpaired) electrons. The SMILES string of the molecule is COc1cc(C2(O)c3cc4c(cc3C(OC3OC5C(OC(C)OC5(O)O)C(O)C3O)C(C(O)(O)OC)C2C=O)OC(O)(O)O4)cc(OC)c1O. The average Bonchev–Trinajstić information content (AvgIpc) is 3.36. The summed E-state index contributed by atoms with van der Waals surface area (Å²) in [7, 11) is 3.21. The van der Waals surface area contributed by atoms with E-state index in [0.29, 0.717) is 0 Å². The molecule has 10 atom stereocenters. The lowest BCUT2D eigenvalue weighted by Crippen LogP contribution is -2.70. The molecule has 0 spiro atoms. The maximum absolute atomic E-state index is 13.1. The molecule has 2 saturated heterocycles. The highest BCUT2D eigenvalue weighted by Gasteiger charge is 2.64. The first-order valence-corrected chi connectivity index (χ1v) is 14.9. The number of hydrogen-bond acceptors (Lipinski definition) is 20. The summed E-state index contributed by atoms with van der Waals surface area (Å²) in [6, 6.07) is 4.28. The van der Waals surface area contributed by atoms with Gasteiger partial charge < -0.3 is 83.5 Å². The Morgan fingerprint density at radius 1 is 0.880 bits per heavy atom. The first-order valence-electron chi connectivity index (χ1n) is 14.9. The Labute approximate surface area is 281 Å². The first kappa shape index (κ1) is 36.3. The lowest BCUT2D eigenvalue weighted by Gasteiger charge is -2.53. The summed E-state index contributed by atoms with van der Waals surface area (Å²) >= 11 is 0. The molecule has 2 aromatic carbocycles. The molecule has 4 aliphatic rings. The van der Waals surface area contributed by atoms with Crippen LogP contribution >= 0.6 is 0 Å². The van der Waals surface area contributed by atoms with Crippen LogP contribution in [0.1, 0.15) is 29.7 Å². The molecule has 6 rings (SSSR count). The van der Waals surface area contributed by atoms with Gasteiger partial charge in [0.25, 0.3) is 5.97 Å². The summed E-state index contributed by atoms with van der Waals surface area (Å²) in [5.41, 5.74) is -3.58. The van der Waals surface area contributed by atoms with E-state index >= 15 is 0 Å². The standard InChI is InChI=1S/C30H36O20/c1-10-45-24-21(33)22(34)26(47-25(24)29(38,39)48-10)46-23-12-7-15-16(50-30(40,41)49-15)8-13(12)27(35,14(9-31)19(23)28(36,37)44-4)11-5-17(42-2)20(32)18(6-11)43-3/h5-10,14,19,21-26,32-41H,1-4H3. The van der Waals surface area contributed by atoms with Crippen molar-refractivity contribution in [3.05, 3.63) is 41.0 Å². The molecule has 0 amide bonds. The van der Waals surface area contributed by atoms with Gasteiger partial charge in [-0.25, -0.2) is 0 Å². The van der Waals surface area contributed by atoms with E-state index in [4.69, 9.17) is 42.6 Å². The summed E-state index contributed by atoms with van der Waals surface area (Å²) < 4.78 is 47.5. The van der Waals surface area contributed by atoms with Gasteiger partial charge in [-0.15, -0.1) is 0 Å². The van der Waals surface area contributed by atoms with E-state index in [1.165, 1.54) is 21.1 Å². The molecule has 10 N–H and O–H groups in total. The van der Waals surface area contributed by atoms with Gasteiger partial charge in [0.1, 0.15) is 30.2 Å². The number of methoxy groups -OCH3 is 3. The zero-order valence-electron chi connectivity index (χ0n) is 26.6. The quantitative estimate of drug-likeness (QED) is 0.0942. The molecular formula is C30H36O20. The van der Waals surface area contributed by atoms with E-state index in [2.05, 4.69) is 0 Å². The van der Waals surface area contributed by atoms with Gasteiger partial charge in [0.05, 0.1) is 32.2 Å². The topological polar surface area (TPSA) is 302 Å². The Balaban J connectivity index is 1.57. The number of phenols is 1. The molecule has 2 fully saturated rings. The molecular weight excluding hydrogens is 680 g/mol. The van der Waals surface area contributed by atoms with Crippen LogP contribution in [0.4, 0.5) is 0 Å². The van der Waals surface area contributed by atoms with Crippen LogP contribution in [-0.2, 0) is 34.1 Å². The number of benzene rings is 2. The molecule has 50 heavy (non-hydrogen) atoms. The minimum absolute atomic E-state index is 0.128. The van der Waals surface area contributed by atoms with Crippen molar-refractivity contribution >= 4 is 6.29 Å². The number of rotatable bonds is 8. The van der Waals surface area contributed by atoms with E-state index in [1.807, 2.05) is 0 Å². The number of hydrogen-bond donors (Lipinski definition) is 10. The van der Waals surface area contributed by atoms with Crippen LogP contribution in [-0.4, -0.2) is 134 Å². The second-order valence-corrected chi connectivity index (χ2v) is 12.1. The van der Waals surface area contributed by atoms with Crippen LogP contribution in [0.5, 0.6) is 28.7 Å². The minimum Gasteiger partial charge on any atom is -0.502 e. The van der Waals surface area contributed by atoms with Crippen molar-refractivity contribution in [3.8, 4) is 28.7 Å². The van der Waals surface area contributed by atoms with Gasteiger partial charge in [0.15, 0.2) is 41.7 Å². The summed E-state index contributed by atoms with van der Waals surface area (Å²) in [6.45, 7) is 1.28. The monoisotopic (exact) mass is 716 g/mol. The van der Waals surface area contributed by atoms with Gasteiger partial charge in [-0.2, -0.15) is 0 Å². The smallest absolute Gasteiger partial charge is 0.502 e. The minimum atomic E-state index is -3.38. The van der Waals surface area contributed by atoms with Crippen molar-refractivity contribution < 1.29 is 98.5 Å². The van der Waals surface area contributed by atoms with Gasteiger partial charge in [-0.05, 0) is 47.9 Å². The van der Waals surface area contributed by atoms with Crippen LogP contribution in [0.3, 0.4) is 0 Å². The van der Waals surface area contributed by atoms with Gasteiger partial charge in [-0.3, -0.25) is 14.9 Å². The number of aromatic hydroxyl groups is 1. The molecule has 20 nitrogen and oxygen atoms in total. The van der Waals surface area contributed by atoms with E-state index in [-0.39, 0.29) is 40.2 Å². The number of carbonyl (C=O) groups excluding carboxylic acids is 1. The number of ether oxygens (including phenoxy) is 9. The van der Waals surface area contributed by atoms with Crippen molar-refractivity contribution in [1.29, 1.82) is 0 Å². The molecule has 3 aliphatic heterocycles. The maximum Gasteiger partial charge on any atom is 0.505 e. The zero-order chi connectivity index (χ0) is 36.7. The fraction of sp³-hybridized carbons (Fsp3) is 0.567. The van der Waals surface area contributed by atoms with Crippen LogP contribution < -0.4 is 18.9 Å². The number of aldehydes is 1. The van der Waals surface area contributed by atoms with Crippen LogP contribution in [0, 0.1) is 11.8 Å². The molecule has 276 valence electrons. The highest BCUT2D eigenvalue weighted by molar-refractivity contribution is 5.67. The second-order valence-electron chi connectivity index (χ2n) is 12.1. The Kier molecular flexibility index (Phi) is 8.98. The largest absolute Gasteiger partial charge is 0.505 e.